The Labute approximate surface area is 108 Å². The number of allylic oxidation sites excluding steroid dienone is 3. The highest BCUT2D eigenvalue weighted by atomic mass is 28.2. The average Bonchev–Trinajstić information content (AvgIpc) is 2.29. The maximum absolute atomic E-state index is 9.89. The molecule has 17 heavy (non-hydrogen) atoms. The van der Waals surface area contributed by atoms with Crippen molar-refractivity contribution in [2.45, 2.75) is 38.7 Å². The van der Waals surface area contributed by atoms with Gasteiger partial charge in [0.05, 0.1) is 0 Å². The summed E-state index contributed by atoms with van der Waals surface area (Å²) in [6, 6.07) is 0. The summed E-state index contributed by atoms with van der Waals surface area (Å²) in [7, 11) is -0.110. The van der Waals surface area contributed by atoms with Crippen LogP contribution >= 0.6 is 0 Å². The second-order valence-corrected chi connectivity index (χ2v) is 7.18. The molecule has 0 aromatic carbocycles. The SMILES string of the molecule is C=CC1(C)CC(C)CC(C)([Si]O)C1(C=C)C=C. The van der Waals surface area contributed by atoms with Gasteiger partial charge in [0.15, 0.2) is 0 Å². The molecule has 0 heterocycles. The summed E-state index contributed by atoms with van der Waals surface area (Å²) in [6.45, 7) is 18.6. The van der Waals surface area contributed by atoms with Gasteiger partial charge in [-0.3, -0.25) is 0 Å². The maximum atomic E-state index is 9.89. The summed E-state index contributed by atoms with van der Waals surface area (Å²) in [5.41, 5.74) is -0.361. The molecule has 1 saturated carbocycles. The van der Waals surface area contributed by atoms with Crippen molar-refractivity contribution in [2.75, 3.05) is 0 Å². The fourth-order valence-corrected chi connectivity index (χ4v) is 4.97. The monoisotopic (exact) mass is 248 g/mol. The summed E-state index contributed by atoms with van der Waals surface area (Å²) in [5, 5.41) is -0.183. The molecule has 0 bridgehead atoms. The van der Waals surface area contributed by atoms with Crippen LogP contribution in [0.2, 0.25) is 5.04 Å². The molecule has 0 saturated heterocycles. The first-order chi connectivity index (χ1) is 7.84. The van der Waals surface area contributed by atoms with E-state index < -0.39 is 0 Å². The molecule has 0 spiro atoms. The summed E-state index contributed by atoms with van der Waals surface area (Å²) in [6.07, 6.45) is 8.02. The predicted molar refractivity (Wildman–Crippen MR) is 75.9 cm³/mol. The van der Waals surface area contributed by atoms with Crippen LogP contribution in [0.3, 0.4) is 0 Å². The third kappa shape index (κ3) is 1.78. The summed E-state index contributed by atoms with van der Waals surface area (Å²) in [4.78, 5) is 9.89. The lowest BCUT2D eigenvalue weighted by Crippen LogP contribution is -2.51. The van der Waals surface area contributed by atoms with Gasteiger partial charge in [0.25, 0.3) is 0 Å². The number of hydrogen-bond donors (Lipinski definition) is 1. The standard InChI is InChI=1S/C15H24OSi/c1-7-13(5)10-12(4)11-14(6,17-16)15(13,8-2)9-3/h7-9,12,16H,1-3,10-11H2,4-6H3. The first kappa shape index (κ1) is 14.5. The molecule has 1 aliphatic rings. The highest BCUT2D eigenvalue weighted by Gasteiger charge is 2.58. The molecule has 2 heteroatoms. The fraction of sp³-hybridized carbons (Fsp3) is 0.600. The van der Waals surface area contributed by atoms with Gasteiger partial charge in [0, 0.05) is 5.41 Å². The molecular formula is C15H24OSi. The Hall–Kier alpha value is -0.603. The summed E-state index contributed by atoms with van der Waals surface area (Å²) in [5.74, 6) is 0.579. The van der Waals surface area contributed by atoms with Crippen molar-refractivity contribution in [2.24, 2.45) is 16.7 Å². The largest absolute Gasteiger partial charge is 0.431 e. The van der Waals surface area contributed by atoms with E-state index in [0.717, 1.165) is 12.8 Å². The number of rotatable bonds is 4. The molecular weight excluding hydrogens is 224 g/mol. The van der Waals surface area contributed by atoms with E-state index in [0.29, 0.717) is 5.92 Å². The second kappa shape index (κ2) is 4.58. The van der Waals surface area contributed by atoms with E-state index >= 15 is 0 Å². The van der Waals surface area contributed by atoms with Crippen LogP contribution in [0.1, 0.15) is 33.6 Å². The predicted octanol–water partition coefficient (Wildman–Crippen LogP) is 3.76. The Kier molecular flexibility index (Phi) is 3.90. The lowest BCUT2D eigenvalue weighted by atomic mass is 9.50. The van der Waals surface area contributed by atoms with Crippen molar-refractivity contribution < 1.29 is 4.80 Å². The second-order valence-electron chi connectivity index (χ2n) is 5.86. The van der Waals surface area contributed by atoms with E-state index in [1.54, 1.807) is 0 Å². The first-order valence-electron chi connectivity index (χ1n) is 6.17. The minimum Gasteiger partial charge on any atom is -0.431 e. The van der Waals surface area contributed by atoms with Crippen LogP contribution in [0.5, 0.6) is 0 Å². The van der Waals surface area contributed by atoms with Gasteiger partial charge in [-0.15, -0.1) is 19.7 Å². The quantitative estimate of drug-likeness (QED) is 0.593. The summed E-state index contributed by atoms with van der Waals surface area (Å²) < 4.78 is 0. The van der Waals surface area contributed by atoms with E-state index in [1.807, 2.05) is 18.2 Å². The molecule has 0 aromatic rings. The van der Waals surface area contributed by atoms with Gasteiger partial charge in [-0.05, 0) is 29.2 Å². The van der Waals surface area contributed by atoms with Gasteiger partial charge in [-0.1, -0.05) is 39.0 Å². The lowest BCUT2D eigenvalue weighted by Gasteiger charge is -2.59. The zero-order valence-corrected chi connectivity index (χ0v) is 12.3. The molecule has 94 valence electrons. The van der Waals surface area contributed by atoms with Crippen LogP contribution in [0.15, 0.2) is 38.0 Å². The summed E-state index contributed by atoms with van der Waals surface area (Å²) >= 11 is 0. The molecule has 0 amide bonds. The molecule has 3 unspecified atom stereocenters. The highest BCUT2D eigenvalue weighted by Crippen LogP contribution is 2.66. The molecule has 1 N–H and O–H groups in total. The van der Waals surface area contributed by atoms with E-state index in [-0.39, 0.29) is 25.6 Å². The Morgan fingerprint density at radius 1 is 1.12 bits per heavy atom. The van der Waals surface area contributed by atoms with Crippen molar-refractivity contribution in [3.63, 3.8) is 0 Å². The zero-order valence-electron chi connectivity index (χ0n) is 11.3. The van der Waals surface area contributed by atoms with Crippen LogP contribution in [-0.2, 0) is 0 Å². The third-order valence-electron chi connectivity index (χ3n) is 4.73. The van der Waals surface area contributed by atoms with Gasteiger partial charge in [-0.2, -0.15) is 0 Å². The lowest BCUT2D eigenvalue weighted by molar-refractivity contribution is 0.0531. The topological polar surface area (TPSA) is 20.2 Å². The van der Waals surface area contributed by atoms with Gasteiger partial charge in [-0.25, -0.2) is 0 Å². The third-order valence-corrected chi connectivity index (χ3v) is 5.84. The van der Waals surface area contributed by atoms with Crippen LogP contribution in [0, 0.1) is 16.7 Å². The van der Waals surface area contributed by atoms with E-state index in [9.17, 15) is 4.80 Å². The number of hydrogen-bond acceptors (Lipinski definition) is 1. The van der Waals surface area contributed by atoms with E-state index in [4.69, 9.17) is 0 Å². The molecule has 1 aliphatic carbocycles. The molecule has 1 nitrogen and oxygen atoms in total. The molecule has 3 atom stereocenters. The van der Waals surface area contributed by atoms with Gasteiger partial charge in [0.1, 0.15) is 0 Å². The molecule has 0 aliphatic heterocycles. The minimum absolute atomic E-state index is 0.0847. The zero-order chi connectivity index (χ0) is 13.3. The Bertz CT molecular complexity index is 328. The van der Waals surface area contributed by atoms with E-state index in [2.05, 4.69) is 40.5 Å². The van der Waals surface area contributed by atoms with Crippen LogP contribution in [0.25, 0.3) is 0 Å². The van der Waals surface area contributed by atoms with Crippen LogP contribution < -0.4 is 0 Å². The molecule has 1 fully saturated rings. The normalized spacial score (nSPS) is 40.6. The van der Waals surface area contributed by atoms with Crippen molar-refractivity contribution in [1.29, 1.82) is 0 Å². The molecule has 2 radical (unpaired) electrons. The van der Waals surface area contributed by atoms with Gasteiger partial charge >= 0.3 is 0 Å². The molecule has 1 rings (SSSR count). The van der Waals surface area contributed by atoms with Gasteiger partial charge < -0.3 is 4.80 Å². The average molecular weight is 248 g/mol. The van der Waals surface area contributed by atoms with Crippen LogP contribution in [-0.4, -0.2) is 14.6 Å². The maximum Gasteiger partial charge on any atom is 0.232 e. The van der Waals surface area contributed by atoms with Crippen molar-refractivity contribution in [3.05, 3.63) is 38.0 Å². The van der Waals surface area contributed by atoms with Crippen molar-refractivity contribution >= 4 is 9.76 Å². The smallest absolute Gasteiger partial charge is 0.232 e. The van der Waals surface area contributed by atoms with Crippen molar-refractivity contribution in [1.82, 2.24) is 0 Å². The highest BCUT2D eigenvalue weighted by molar-refractivity contribution is 6.31. The Balaban J connectivity index is 3.45. The fourth-order valence-electron chi connectivity index (χ4n) is 3.85. The van der Waals surface area contributed by atoms with E-state index in [1.165, 1.54) is 0 Å². The Morgan fingerprint density at radius 3 is 2.00 bits per heavy atom. The van der Waals surface area contributed by atoms with Crippen LogP contribution in [0.4, 0.5) is 0 Å². The van der Waals surface area contributed by atoms with Gasteiger partial charge in [0.2, 0.25) is 9.76 Å². The molecule has 0 aromatic heterocycles. The first-order valence-corrected chi connectivity index (χ1v) is 7.11. The Morgan fingerprint density at radius 2 is 1.65 bits per heavy atom. The van der Waals surface area contributed by atoms with Crippen molar-refractivity contribution in [3.8, 4) is 0 Å². The minimum atomic E-state index is -0.276.